The molecule has 0 unspecified atom stereocenters. The largest absolute Gasteiger partial charge is 0.465 e. The number of non-ortho nitro benzene ring substituents is 1. The summed E-state index contributed by atoms with van der Waals surface area (Å²) >= 11 is 1.58. The molecular formula is C17H16N2O5S. The van der Waals surface area contributed by atoms with Crippen molar-refractivity contribution >= 4 is 28.9 Å². The van der Waals surface area contributed by atoms with Crippen molar-refractivity contribution in [3.05, 3.63) is 61.8 Å². The topological polar surface area (TPSA) is 89.8 Å². The second-order valence-corrected chi connectivity index (χ2v) is 6.67. The van der Waals surface area contributed by atoms with E-state index in [1.54, 1.807) is 16.2 Å². The van der Waals surface area contributed by atoms with Gasteiger partial charge >= 0.3 is 5.97 Å². The van der Waals surface area contributed by atoms with E-state index in [1.807, 2.05) is 17.5 Å². The summed E-state index contributed by atoms with van der Waals surface area (Å²) in [4.78, 5) is 38.0. The maximum Gasteiger partial charge on any atom is 0.338 e. The summed E-state index contributed by atoms with van der Waals surface area (Å²) in [5.41, 5.74) is -0.192. The van der Waals surface area contributed by atoms with Crippen LogP contribution in [0.15, 0.2) is 35.7 Å². The molecule has 130 valence electrons. The van der Waals surface area contributed by atoms with Gasteiger partial charge in [0.2, 0.25) is 0 Å². The molecule has 1 saturated heterocycles. The maximum absolute atomic E-state index is 12.9. The van der Waals surface area contributed by atoms with Gasteiger partial charge in [0, 0.05) is 29.1 Å². The van der Waals surface area contributed by atoms with Gasteiger partial charge in [0.1, 0.15) is 0 Å². The Morgan fingerprint density at radius 3 is 2.72 bits per heavy atom. The van der Waals surface area contributed by atoms with Gasteiger partial charge in [-0.3, -0.25) is 14.9 Å². The predicted molar refractivity (Wildman–Crippen MR) is 91.8 cm³/mol. The number of carbonyl (C=O) groups is 2. The third-order valence-electron chi connectivity index (χ3n) is 4.18. The van der Waals surface area contributed by atoms with Gasteiger partial charge in [-0.2, -0.15) is 0 Å². The van der Waals surface area contributed by atoms with Crippen LogP contribution in [0, 0.1) is 10.1 Å². The first-order valence-electron chi connectivity index (χ1n) is 7.73. The summed E-state index contributed by atoms with van der Waals surface area (Å²) in [6.45, 7) is 0.581. The van der Waals surface area contributed by atoms with Crippen molar-refractivity contribution in [2.75, 3.05) is 13.7 Å². The SMILES string of the molecule is COC(=O)c1cc(C(=O)N2CCC[C@@H]2c2cccs2)cc([N+](=O)[O-])c1. The van der Waals surface area contributed by atoms with Gasteiger partial charge < -0.3 is 9.64 Å². The first-order chi connectivity index (χ1) is 12.0. The highest BCUT2D eigenvalue weighted by Gasteiger charge is 2.32. The number of thiophene rings is 1. The van der Waals surface area contributed by atoms with Crippen LogP contribution in [0.3, 0.4) is 0 Å². The highest BCUT2D eigenvalue weighted by molar-refractivity contribution is 7.10. The zero-order valence-electron chi connectivity index (χ0n) is 13.5. The molecule has 0 radical (unpaired) electrons. The van der Waals surface area contributed by atoms with Crippen molar-refractivity contribution in [1.82, 2.24) is 4.90 Å². The smallest absolute Gasteiger partial charge is 0.338 e. The van der Waals surface area contributed by atoms with E-state index in [1.165, 1.54) is 19.2 Å². The minimum absolute atomic E-state index is 0.00748. The molecule has 0 saturated carbocycles. The number of nitrogens with zero attached hydrogens (tertiary/aromatic N) is 2. The van der Waals surface area contributed by atoms with E-state index in [9.17, 15) is 19.7 Å². The number of nitro groups is 1. The average Bonchev–Trinajstić information content (AvgIpc) is 3.30. The third kappa shape index (κ3) is 3.39. The predicted octanol–water partition coefficient (Wildman–Crippen LogP) is 3.42. The highest BCUT2D eigenvalue weighted by atomic mass is 32.1. The van der Waals surface area contributed by atoms with Gasteiger partial charge in [-0.1, -0.05) is 6.07 Å². The molecule has 0 aliphatic carbocycles. The highest BCUT2D eigenvalue weighted by Crippen LogP contribution is 2.35. The molecule has 1 atom stereocenters. The lowest BCUT2D eigenvalue weighted by atomic mass is 10.1. The molecule has 1 amide bonds. The minimum atomic E-state index is -0.714. The Morgan fingerprint density at radius 1 is 1.32 bits per heavy atom. The quantitative estimate of drug-likeness (QED) is 0.473. The van der Waals surface area contributed by atoms with Crippen LogP contribution in [0.2, 0.25) is 0 Å². The molecule has 1 aliphatic rings. The normalized spacial score (nSPS) is 16.7. The number of rotatable bonds is 4. The van der Waals surface area contributed by atoms with E-state index in [4.69, 9.17) is 0 Å². The van der Waals surface area contributed by atoms with Crippen molar-refractivity contribution in [3.8, 4) is 0 Å². The zero-order valence-corrected chi connectivity index (χ0v) is 14.3. The summed E-state index contributed by atoms with van der Waals surface area (Å²) < 4.78 is 4.63. The van der Waals surface area contributed by atoms with Crippen molar-refractivity contribution in [2.24, 2.45) is 0 Å². The molecule has 1 fully saturated rings. The number of benzene rings is 1. The molecule has 1 aromatic heterocycles. The Balaban J connectivity index is 1.97. The first-order valence-corrected chi connectivity index (χ1v) is 8.61. The third-order valence-corrected chi connectivity index (χ3v) is 5.16. The molecular weight excluding hydrogens is 344 g/mol. The summed E-state index contributed by atoms with van der Waals surface area (Å²) in [5, 5.41) is 13.1. The van der Waals surface area contributed by atoms with Crippen LogP contribution in [0.1, 0.15) is 44.5 Å². The fourth-order valence-electron chi connectivity index (χ4n) is 3.03. The van der Waals surface area contributed by atoms with E-state index < -0.39 is 10.9 Å². The van der Waals surface area contributed by atoms with Crippen LogP contribution >= 0.6 is 11.3 Å². The van der Waals surface area contributed by atoms with Gasteiger partial charge in [0.25, 0.3) is 11.6 Å². The Bertz CT molecular complexity index is 818. The number of amides is 1. The van der Waals surface area contributed by atoms with E-state index >= 15 is 0 Å². The van der Waals surface area contributed by atoms with Crippen molar-refractivity contribution in [2.45, 2.75) is 18.9 Å². The van der Waals surface area contributed by atoms with Crippen LogP contribution in [0.5, 0.6) is 0 Å². The van der Waals surface area contributed by atoms with Gasteiger partial charge in [-0.05, 0) is 30.4 Å². The van der Waals surface area contributed by atoms with E-state index in [0.717, 1.165) is 23.8 Å². The molecule has 0 spiro atoms. The van der Waals surface area contributed by atoms with Crippen LogP contribution in [-0.4, -0.2) is 35.4 Å². The molecule has 2 heterocycles. The number of nitro benzene ring substituents is 1. The molecule has 3 rings (SSSR count). The van der Waals surface area contributed by atoms with Crippen molar-refractivity contribution < 1.29 is 19.2 Å². The summed E-state index contributed by atoms with van der Waals surface area (Å²) in [5.74, 6) is -1.03. The fourth-order valence-corrected chi connectivity index (χ4v) is 3.90. The Hall–Kier alpha value is -2.74. The maximum atomic E-state index is 12.9. The van der Waals surface area contributed by atoms with Gasteiger partial charge in [0.15, 0.2) is 0 Å². The molecule has 0 N–H and O–H groups in total. The monoisotopic (exact) mass is 360 g/mol. The molecule has 7 nitrogen and oxygen atoms in total. The molecule has 25 heavy (non-hydrogen) atoms. The standard InChI is InChI=1S/C17H16N2O5S/c1-24-17(21)12-8-11(9-13(10-12)19(22)23)16(20)18-6-2-4-14(18)15-5-3-7-25-15/h3,5,7-10,14H,2,4,6H2,1H3/t14-/m1/s1. The lowest BCUT2D eigenvalue weighted by molar-refractivity contribution is -0.384. The second kappa shape index (κ2) is 7.02. The van der Waals surface area contributed by atoms with E-state index in [2.05, 4.69) is 4.74 Å². The number of likely N-dealkylation sites (tertiary alicyclic amines) is 1. The fraction of sp³-hybridized carbons (Fsp3) is 0.294. The lowest BCUT2D eigenvalue weighted by Crippen LogP contribution is -2.30. The molecule has 2 aromatic rings. The van der Waals surface area contributed by atoms with Gasteiger partial charge in [-0.15, -0.1) is 11.3 Å². The van der Waals surface area contributed by atoms with E-state index in [0.29, 0.717) is 6.54 Å². The summed E-state index contributed by atoms with van der Waals surface area (Å²) in [6.07, 6.45) is 1.72. The Morgan fingerprint density at radius 2 is 2.08 bits per heavy atom. The summed E-state index contributed by atoms with van der Waals surface area (Å²) in [7, 11) is 1.19. The number of hydrogen-bond donors (Lipinski definition) is 0. The minimum Gasteiger partial charge on any atom is -0.465 e. The molecule has 0 bridgehead atoms. The Labute approximate surface area is 148 Å². The van der Waals surface area contributed by atoms with Crippen LogP contribution < -0.4 is 0 Å². The second-order valence-electron chi connectivity index (χ2n) is 5.69. The summed E-state index contributed by atoms with van der Waals surface area (Å²) in [6, 6.07) is 7.55. The number of carbonyl (C=O) groups excluding carboxylic acids is 2. The van der Waals surface area contributed by atoms with Gasteiger partial charge in [-0.25, -0.2) is 4.79 Å². The van der Waals surface area contributed by atoms with Crippen molar-refractivity contribution in [1.29, 1.82) is 0 Å². The number of ether oxygens (including phenoxy) is 1. The van der Waals surface area contributed by atoms with Crippen LogP contribution in [0.25, 0.3) is 0 Å². The molecule has 1 aliphatic heterocycles. The average molecular weight is 360 g/mol. The lowest BCUT2D eigenvalue weighted by Gasteiger charge is -2.24. The van der Waals surface area contributed by atoms with Crippen molar-refractivity contribution in [3.63, 3.8) is 0 Å². The molecule has 1 aromatic carbocycles. The number of hydrogen-bond acceptors (Lipinski definition) is 6. The van der Waals surface area contributed by atoms with Gasteiger partial charge in [0.05, 0.1) is 23.6 Å². The zero-order chi connectivity index (χ0) is 18.0. The van der Waals surface area contributed by atoms with Crippen LogP contribution in [-0.2, 0) is 4.74 Å². The van der Waals surface area contributed by atoms with E-state index in [-0.39, 0.29) is 28.8 Å². The van der Waals surface area contributed by atoms with Crippen LogP contribution in [0.4, 0.5) is 5.69 Å². The number of esters is 1. The Kier molecular flexibility index (Phi) is 4.80. The number of methoxy groups -OCH3 is 1. The molecule has 8 heteroatoms. The first kappa shape index (κ1) is 17.1.